The number of nitrogens with one attached hydrogen (secondary N) is 1. The summed E-state index contributed by atoms with van der Waals surface area (Å²) in [5.74, 6) is -0.265. The lowest BCUT2D eigenvalue weighted by molar-refractivity contribution is 0.130. The lowest BCUT2D eigenvalue weighted by Gasteiger charge is -2.38. The predicted octanol–water partition coefficient (Wildman–Crippen LogP) is 2.50. The molecule has 0 aromatic carbocycles. The average Bonchev–Trinajstić information content (AvgIpc) is 2.76. The number of rotatable bonds is 3. The maximum atomic E-state index is 12.9. The minimum atomic E-state index is -0.265. The number of hydrogen-bond acceptors (Lipinski definition) is 3. The van der Waals surface area contributed by atoms with Crippen LogP contribution in [0, 0.1) is 5.82 Å². The molecule has 0 spiro atoms. The summed E-state index contributed by atoms with van der Waals surface area (Å²) < 4.78 is 12.9. The van der Waals surface area contributed by atoms with Gasteiger partial charge in [0.15, 0.2) is 0 Å². The SMILES string of the molecule is CC(c1ccc(F)cn1)N(C)C1CC2CCC(C1)N2. The summed E-state index contributed by atoms with van der Waals surface area (Å²) in [6, 6.07) is 5.54. The van der Waals surface area contributed by atoms with Crippen molar-refractivity contribution in [3.05, 3.63) is 29.8 Å². The fourth-order valence-corrected chi connectivity index (χ4v) is 3.52. The molecule has 0 saturated carbocycles. The Morgan fingerprint density at radius 2 is 2.00 bits per heavy atom. The largest absolute Gasteiger partial charge is 0.311 e. The van der Waals surface area contributed by atoms with Crippen LogP contribution in [-0.4, -0.2) is 35.1 Å². The first-order valence-corrected chi connectivity index (χ1v) is 7.23. The van der Waals surface area contributed by atoms with Gasteiger partial charge in [0, 0.05) is 24.2 Å². The molecule has 4 heteroatoms. The molecule has 104 valence electrons. The molecule has 1 aromatic heterocycles. The van der Waals surface area contributed by atoms with Gasteiger partial charge in [-0.05, 0) is 51.8 Å². The van der Waals surface area contributed by atoms with Crippen molar-refractivity contribution < 1.29 is 4.39 Å². The van der Waals surface area contributed by atoms with Crippen LogP contribution < -0.4 is 5.32 Å². The van der Waals surface area contributed by atoms with E-state index in [1.54, 1.807) is 6.07 Å². The molecule has 3 unspecified atom stereocenters. The Bertz CT molecular complexity index is 422. The number of aromatic nitrogens is 1. The quantitative estimate of drug-likeness (QED) is 0.908. The van der Waals surface area contributed by atoms with Gasteiger partial charge >= 0.3 is 0 Å². The molecule has 1 aromatic rings. The van der Waals surface area contributed by atoms with E-state index in [0.29, 0.717) is 18.1 Å². The molecule has 3 rings (SSSR count). The van der Waals surface area contributed by atoms with Gasteiger partial charge in [-0.1, -0.05) is 0 Å². The van der Waals surface area contributed by atoms with Crippen LogP contribution in [-0.2, 0) is 0 Å². The zero-order chi connectivity index (χ0) is 13.4. The predicted molar refractivity (Wildman–Crippen MR) is 73.3 cm³/mol. The van der Waals surface area contributed by atoms with Crippen molar-refractivity contribution in [2.24, 2.45) is 0 Å². The molecule has 0 radical (unpaired) electrons. The summed E-state index contributed by atoms with van der Waals surface area (Å²) in [7, 11) is 2.17. The number of halogens is 1. The normalized spacial score (nSPS) is 31.7. The lowest BCUT2D eigenvalue weighted by atomic mass is 9.97. The van der Waals surface area contributed by atoms with E-state index in [0.717, 1.165) is 5.69 Å². The van der Waals surface area contributed by atoms with E-state index in [4.69, 9.17) is 0 Å². The van der Waals surface area contributed by atoms with Crippen LogP contribution in [0.2, 0.25) is 0 Å². The van der Waals surface area contributed by atoms with Gasteiger partial charge in [-0.3, -0.25) is 9.88 Å². The highest BCUT2D eigenvalue weighted by molar-refractivity contribution is 5.10. The second-order valence-electron chi connectivity index (χ2n) is 6.01. The fourth-order valence-electron chi connectivity index (χ4n) is 3.52. The molecule has 1 N–H and O–H groups in total. The summed E-state index contributed by atoms with van der Waals surface area (Å²) in [5.41, 5.74) is 0.953. The maximum absolute atomic E-state index is 12.9. The third kappa shape index (κ3) is 2.65. The van der Waals surface area contributed by atoms with Crippen molar-refractivity contribution in [1.29, 1.82) is 0 Å². The topological polar surface area (TPSA) is 28.2 Å². The Morgan fingerprint density at radius 3 is 2.58 bits per heavy atom. The minimum Gasteiger partial charge on any atom is -0.311 e. The first-order chi connectivity index (χ1) is 9.13. The molecular weight excluding hydrogens is 241 g/mol. The van der Waals surface area contributed by atoms with Crippen molar-refractivity contribution in [3.63, 3.8) is 0 Å². The van der Waals surface area contributed by atoms with Gasteiger partial charge in [0.2, 0.25) is 0 Å². The van der Waals surface area contributed by atoms with E-state index in [1.165, 1.54) is 37.9 Å². The van der Waals surface area contributed by atoms with Crippen LogP contribution in [0.4, 0.5) is 4.39 Å². The van der Waals surface area contributed by atoms with E-state index < -0.39 is 0 Å². The molecule has 3 heterocycles. The van der Waals surface area contributed by atoms with Gasteiger partial charge in [0.05, 0.1) is 11.9 Å². The summed E-state index contributed by atoms with van der Waals surface area (Å²) in [5, 5.41) is 3.67. The molecule has 2 aliphatic heterocycles. The smallest absolute Gasteiger partial charge is 0.141 e. The van der Waals surface area contributed by atoms with Crippen LogP contribution in [0.1, 0.15) is 44.3 Å². The van der Waals surface area contributed by atoms with Gasteiger partial charge < -0.3 is 5.32 Å². The summed E-state index contributed by atoms with van der Waals surface area (Å²) in [6.07, 6.45) is 6.39. The number of pyridine rings is 1. The monoisotopic (exact) mass is 263 g/mol. The van der Waals surface area contributed by atoms with E-state index in [2.05, 4.69) is 29.2 Å². The molecule has 2 saturated heterocycles. The molecule has 0 amide bonds. The number of fused-ring (bicyclic) bond motifs is 2. The highest BCUT2D eigenvalue weighted by Crippen LogP contribution is 2.32. The van der Waals surface area contributed by atoms with Gasteiger partial charge in [-0.25, -0.2) is 4.39 Å². The third-order valence-corrected chi connectivity index (χ3v) is 4.81. The van der Waals surface area contributed by atoms with Gasteiger partial charge in [0.25, 0.3) is 0 Å². The van der Waals surface area contributed by atoms with Crippen LogP contribution >= 0.6 is 0 Å². The number of hydrogen-bond donors (Lipinski definition) is 1. The van der Waals surface area contributed by atoms with Crippen molar-refractivity contribution in [2.75, 3.05) is 7.05 Å². The van der Waals surface area contributed by atoms with Crippen molar-refractivity contribution in [2.45, 2.75) is 56.8 Å². The first kappa shape index (κ1) is 13.0. The van der Waals surface area contributed by atoms with E-state index in [1.807, 2.05) is 0 Å². The third-order valence-electron chi connectivity index (χ3n) is 4.81. The first-order valence-electron chi connectivity index (χ1n) is 7.23. The standard InChI is InChI=1S/C15H22FN3/c1-10(15-6-3-11(16)9-17-15)19(2)14-7-12-4-5-13(8-14)18-12/h3,6,9-10,12-14,18H,4-5,7-8H2,1-2H3. The van der Waals surface area contributed by atoms with Crippen molar-refractivity contribution in [1.82, 2.24) is 15.2 Å². The van der Waals surface area contributed by atoms with Gasteiger partial charge in [0.1, 0.15) is 5.82 Å². The van der Waals surface area contributed by atoms with E-state index in [-0.39, 0.29) is 11.9 Å². The molecule has 3 nitrogen and oxygen atoms in total. The second kappa shape index (κ2) is 5.17. The highest BCUT2D eigenvalue weighted by atomic mass is 19.1. The van der Waals surface area contributed by atoms with E-state index in [9.17, 15) is 4.39 Å². The average molecular weight is 263 g/mol. The Kier molecular flexibility index (Phi) is 3.54. The Hall–Kier alpha value is -1.00. The second-order valence-corrected chi connectivity index (χ2v) is 6.01. The zero-order valence-electron chi connectivity index (χ0n) is 11.6. The number of piperidine rings is 1. The van der Waals surface area contributed by atoms with Gasteiger partial charge in [-0.2, -0.15) is 0 Å². The summed E-state index contributed by atoms with van der Waals surface area (Å²) in [6.45, 7) is 2.16. The van der Waals surface area contributed by atoms with Crippen molar-refractivity contribution >= 4 is 0 Å². The lowest BCUT2D eigenvalue weighted by Crippen LogP contribution is -2.47. The summed E-state index contributed by atoms with van der Waals surface area (Å²) >= 11 is 0. The molecule has 2 aliphatic rings. The minimum absolute atomic E-state index is 0.239. The highest BCUT2D eigenvalue weighted by Gasteiger charge is 2.36. The summed E-state index contributed by atoms with van der Waals surface area (Å²) in [4.78, 5) is 6.62. The molecule has 2 bridgehead atoms. The molecule has 0 aliphatic carbocycles. The van der Waals surface area contributed by atoms with Crippen LogP contribution in [0.3, 0.4) is 0 Å². The fraction of sp³-hybridized carbons (Fsp3) is 0.667. The molecule has 2 fully saturated rings. The Morgan fingerprint density at radius 1 is 1.32 bits per heavy atom. The van der Waals surface area contributed by atoms with E-state index >= 15 is 0 Å². The Labute approximate surface area is 114 Å². The maximum Gasteiger partial charge on any atom is 0.141 e. The van der Waals surface area contributed by atoms with Crippen LogP contribution in [0.25, 0.3) is 0 Å². The van der Waals surface area contributed by atoms with Crippen molar-refractivity contribution in [3.8, 4) is 0 Å². The molecule has 19 heavy (non-hydrogen) atoms. The van der Waals surface area contributed by atoms with Crippen LogP contribution in [0.5, 0.6) is 0 Å². The zero-order valence-corrected chi connectivity index (χ0v) is 11.6. The molecular formula is C15H22FN3. The molecule has 3 atom stereocenters. The van der Waals surface area contributed by atoms with Gasteiger partial charge in [-0.15, -0.1) is 0 Å². The number of nitrogens with zero attached hydrogens (tertiary/aromatic N) is 2. The Balaban J connectivity index is 1.69. The van der Waals surface area contributed by atoms with Crippen LogP contribution in [0.15, 0.2) is 18.3 Å².